The SMILES string of the molecule is CCCCCCCCCCCCN1CCCCCC1=O.Nc1nc2c(ncn2COCCO)c(=O)[nH]1. The standard InChI is InChI=1S/C18H35NO.C8H11N5O3/c1-2-3-4-5-6-7-8-9-10-13-16-19-17-14-11-12-15-18(19)20;9-8-11-6-5(7(15)12-8)10-3-13(6)4-16-2-1-14/h2-17H2,1H3;3,14H,1-2,4H2,(H3,9,11,12,15). The van der Waals surface area contributed by atoms with Crippen LogP contribution < -0.4 is 11.3 Å². The van der Waals surface area contributed by atoms with Crippen molar-refractivity contribution in [2.75, 3.05) is 32.0 Å². The number of aliphatic hydroxyl groups excluding tert-OH is 1. The van der Waals surface area contributed by atoms with Gasteiger partial charge >= 0.3 is 0 Å². The monoisotopic (exact) mass is 506 g/mol. The van der Waals surface area contributed by atoms with Gasteiger partial charge in [-0.3, -0.25) is 19.1 Å². The van der Waals surface area contributed by atoms with Crippen LogP contribution in [0.2, 0.25) is 0 Å². The van der Waals surface area contributed by atoms with Gasteiger partial charge in [-0.15, -0.1) is 0 Å². The summed E-state index contributed by atoms with van der Waals surface area (Å²) in [6, 6.07) is 0. The quantitative estimate of drug-likeness (QED) is 0.310. The van der Waals surface area contributed by atoms with Crippen LogP contribution in [0.25, 0.3) is 11.2 Å². The van der Waals surface area contributed by atoms with E-state index >= 15 is 0 Å². The van der Waals surface area contributed by atoms with Crippen molar-refractivity contribution >= 4 is 23.0 Å². The number of fused-ring (bicyclic) bond motifs is 1. The van der Waals surface area contributed by atoms with Gasteiger partial charge in [-0.1, -0.05) is 71.1 Å². The minimum atomic E-state index is -0.386. The molecule has 3 rings (SSSR count). The lowest BCUT2D eigenvalue weighted by atomic mass is 10.1. The molecule has 0 bridgehead atoms. The van der Waals surface area contributed by atoms with E-state index in [1.165, 1.54) is 87.9 Å². The number of anilines is 1. The largest absolute Gasteiger partial charge is 0.394 e. The molecule has 0 aliphatic carbocycles. The highest BCUT2D eigenvalue weighted by molar-refractivity contribution is 5.76. The Morgan fingerprint density at radius 3 is 2.42 bits per heavy atom. The van der Waals surface area contributed by atoms with E-state index in [1.807, 2.05) is 0 Å². The molecule has 204 valence electrons. The van der Waals surface area contributed by atoms with Crippen LogP contribution in [-0.4, -0.2) is 61.7 Å². The number of hydrogen-bond donors (Lipinski definition) is 3. The third kappa shape index (κ3) is 11.1. The average molecular weight is 507 g/mol. The first-order valence-corrected chi connectivity index (χ1v) is 13.7. The second-order valence-corrected chi connectivity index (χ2v) is 9.47. The number of ether oxygens (including phenoxy) is 1. The fourth-order valence-corrected chi connectivity index (χ4v) is 4.36. The van der Waals surface area contributed by atoms with Crippen LogP contribution >= 0.6 is 0 Å². The molecule has 4 N–H and O–H groups in total. The molecule has 0 unspecified atom stereocenters. The minimum Gasteiger partial charge on any atom is -0.394 e. The van der Waals surface area contributed by atoms with Crippen molar-refractivity contribution in [1.29, 1.82) is 0 Å². The number of hydrogen-bond acceptors (Lipinski definition) is 7. The number of unbranched alkanes of at least 4 members (excludes halogenated alkanes) is 9. The van der Waals surface area contributed by atoms with Crippen molar-refractivity contribution in [3.63, 3.8) is 0 Å². The van der Waals surface area contributed by atoms with E-state index < -0.39 is 0 Å². The van der Waals surface area contributed by atoms with E-state index in [2.05, 4.69) is 26.8 Å². The molecule has 3 heterocycles. The normalized spacial score (nSPS) is 14.1. The van der Waals surface area contributed by atoms with E-state index in [1.54, 1.807) is 0 Å². The number of aromatic nitrogens is 4. The Kier molecular flexibility index (Phi) is 14.8. The molecule has 0 atom stereocenters. The number of imidazole rings is 1. The van der Waals surface area contributed by atoms with Crippen LogP contribution in [0.1, 0.15) is 96.8 Å². The number of nitrogens with zero attached hydrogens (tertiary/aromatic N) is 4. The van der Waals surface area contributed by atoms with Gasteiger partial charge in [-0.2, -0.15) is 4.98 Å². The van der Waals surface area contributed by atoms with E-state index in [-0.39, 0.29) is 37.0 Å². The molecule has 1 fully saturated rings. The second kappa shape index (κ2) is 17.9. The van der Waals surface area contributed by atoms with E-state index in [0.29, 0.717) is 11.6 Å². The zero-order chi connectivity index (χ0) is 26.0. The van der Waals surface area contributed by atoms with Gasteiger partial charge in [0.1, 0.15) is 6.73 Å². The van der Waals surface area contributed by atoms with Crippen LogP contribution in [0.4, 0.5) is 5.95 Å². The summed E-state index contributed by atoms with van der Waals surface area (Å²) in [6.45, 7) is 4.59. The Labute approximate surface area is 214 Å². The highest BCUT2D eigenvalue weighted by atomic mass is 16.5. The van der Waals surface area contributed by atoms with E-state index in [4.69, 9.17) is 15.6 Å². The fraction of sp³-hybridized carbons (Fsp3) is 0.769. The van der Waals surface area contributed by atoms with Crippen LogP contribution in [-0.2, 0) is 16.3 Å². The summed E-state index contributed by atoms with van der Waals surface area (Å²) < 4.78 is 6.63. The summed E-state index contributed by atoms with van der Waals surface area (Å²) in [7, 11) is 0. The Hall–Kier alpha value is -2.46. The molecule has 1 aliphatic heterocycles. The van der Waals surface area contributed by atoms with Crippen LogP contribution in [0, 0.1) is 0 Å². The fourth-order valence-electron chi connectivity index (χ4n) is 4.36. The third-order valence-electron chi connectivity index (χ3n) is 6.41. The first-order chi connectivity index (χ1) is 17.6. The Balaban J connectivity index is 0.000000259. The van der Waals surface area contributed by atoms with Crippen LogP contribution in [0.15, 0.2) is 11.1 Å². The van der Waals surface area contributed by atoms with E-state index in [9.17, 15) is 9.59 Å². The number of nitrogens with two attached hydrogens (primary N) is 1. The van der Waals surface area contributed by atoms with Gasteiger partial charge in [0.2, 0.25) is 11.9 Å². The maximum absolute atomic E-state index is 11.8. The first-order valence-electron chi connectivity index (χ1n) is 13.7. The topological polar surface area (TPSA) is 139 Å². The van der Waals surface area contributed by atoms with Crippen LogP contribution in [0.5, 0.6) is 0 Å². The number of aromatic amines is 1. The van der Waals surface area contributed by atoms with Crippen molar-refractivity contribution in [1.82, 2.24) is 24.4 Å². The smallest absolute Gasteiger partial charge is 0.280 e. The third-order valence-corrected chi connectivity index (χ3v) is 6.41. The van der Waals surface area contributed by atoms with Gasteiger partial charge in [-0.25, -0.2) is 4.98 Å². The van der Waals surface area contributed by atoms with Gasteiger partial charge in [0.05, 0.1) is 19.5 Å². The first kappa shape index (κ1) is 29.8. The predicted molar refractivity (Wildman–Crippen MR) is 142 cm³/mol. The maximum Gasteiger partial charge on any atom is 0.280 e. The van der Waals surface area contributed by atoms with Gasteiger partial charge in [-0.05, 0) is 19.3 Å². The molecule has 0 spiro atoms. The summed E-state index contributed by atoms with van der Waals surface area (Å²) in [5.41, 5.74) is 5.60. The van der Waals surface area contributed by atoms with Crippen molar-refractivity contribution < 1.29 is 14.6 Å². The van der Waals surface area contributed by atoms with Gasteiger partial charge in [0, 0.05) is 19.5 Å². The summed E-state index contributed by atoms with van der Waals surface area (Å²) in [5, 5.41) is 8.56. The number of carbonyl (C=O) groups is 1. The molecular formula is C26H46N6O4. The number of likely N-dealkylation sites (tertiary alicyclic amines) is 1. The molecule has 2 aromatic heterocycles. The number of rotatable bonds is 15. The number of carbonyl (C=O) groups excluding carboxylic acids is 1. The second-order valence-electron chi connectivity index (χ2n) is 9.47. The van der Waals surface area contributed by atoms with Crippen molar-refractivity contribution in [3.05, 3.63) is 16.7 Å². The minimum absolute atomic E-state index is 0.0291. The molecular weight excluding hydrogens is 460 g/mol. The molecule has 10 nitrogen and oxygen atoms in total. The summed E-state index contributed by atoms with van der Waals surface area (Å²) in [6.07, 6.45) is 19.5. The molecule has 36 heavy (non-hydrogen) atoms. The number of aliphatic hydroxyl groups is 1. The lowest BCUT2D eigenvalue weighted by Crippen LogP contribution is -2.31. The number of H-pyrrole nitrogens is 1. The maximum atomic E-state index is 11.8. The zero-order valence-corrected chi connectivity index (χ0v) is 22.1. The Morgan fingerprint density at radius 2 is 1.72 bits per heavy atom. The van der Waals surface area contributed by atoms with Crippen molar-refractivity contribution in [2.45, 2.75) is 104 Å². The van der Waals surface area contributed by atoms with Gasteiger partial charge < -0.3 is 20.5 Å². The predicted octanol–water partition coefficient (Wildman–Crippen LogP) is 3.98. The van der Waals surface area contributed by atoms with Crippen molar-refractivity contribution in [3.8, 4) is 0 Å². The summed E-state index contributed by atoms with van der Waals surface area (Å²) >= 11 is 0. The molecule has 1 saturated heterocycles. The lowest BCUT2D eigenvalue weighted by Gasteiger charge is -2.20. The van der Waals surface area contributed by atoms with Crippen LogP contribution in [0.3, 0.4) is 0 Å². The highest BCUT2D eigenvalue weighted by Gasteiger charge is 2.15. The van der Waals surface area contributed by atoms with Gasteiger partial charge in [0.15, 0.2) is 11.2 Å². The number of nitrogens with one attached hydrogen (secondary N) is 1. The molecule has 10 heteroatoms. The highest BCUT2D eigenvalue weighted by Crippen LogP contribution is 2.14. The number of amides is 1. The molecule has 0 aromatic carbocycles. The lowest BCUT2D eigenvalue weighted by molar-refractivity contribution is -0.130. The zero-order valence-electron chi connectivity index (χ0n) is 22.1. The molecule has 1 amide bonds. The Morgan fingerprint density at radius 1 is 1.03 bits per heavy atom. The molecule has 1 aliphatic rings. The number of nitrogen functional groups attached to an aromatic ring is 1. The molecule has 0 radical (unpaired) electrons. The van der Waals surface area contributed by atoms with Gasteiger partial charge in [0.25, 0.3) is 5.56 Å². The molecule has 0 saturated carbocycles. The average Bonchev–Trinajstić information content (AvgIpc) is 3.15. The van der Waals surface area contributed by atoms with Crippen molar-refractivity contribution in [2.24, 2.45) is 0 Å². The molecule has 2 aromatic rings. The Bertz CT molecular complexity index is 929. The summed E-state index contributed by atoms with van der Waals surface area (Å²) in [5.74, 6) is 0.430. The van der Waals surface area contributed by atoms with E-state index in [0.717, 1.165) is 25.9 Å². The summed E-state index contributed by atoms with van der Waals surface area (Å²) in [4.78, 5) is 35.6.